The topological polar surface area (TPSA) is 57.4 Å². The predicted octanol–water partition coefficient (Wildman–Crippen LogP) is 3.80. The number of ether oxygens (including phenoxy) is 2. The van der Waals surface area contributed by atoms with Crippen LogP contribution in [0.25, 0.3) is 22.2 Å². The molecule has 0 N–H and O–H groups in total. The molecule has 1 fully saturated rings. The van der Waals surface area contributed by atoms with Crippen molar-refractivity contribution in [2.45, 2.75) is 25.6 Å². The maximum absolute atomic E-state index is 5.94. The molecular formula is C17H16N2O3. The Morgan fingerprint density at radius 2 is 2.14 bits per heavy atom. The molecule has 4 rings (SSSR count). The Kier molecular flexibility index (Phi) is 3.48. The highest BCUT2D eigenvalue weighted by molar-refractivity contribution is 5.87. The summed E-state index contributed by atoms with van der Waals surface area (Å²) in [5, 5.41) is 0.866. The number of rotatable bonds is 3. The summed E-state index contributed by atoms with van der Waals surface area (Å²) in [4.78, 5) is 8.57. The zero-order valence-corrected chi connectivity index (χ0v) is 12.1. The van der Waals surface area contributed by atoms with Crippen molar-refractivity contribution < 1.29 is 13.9 Å². The van der Waals surface area contributed by atoms with Crippen LogP contribution in [-0.2, 0) is 4.74 Å². The van der Waals surface area contributed by atoms with E-state index in [1.54, 1.807) is 6.26 Å². The van der Waals surface area contributed by atoms with Crippen molar-refractivity contribution in [1.29, 1.82) is 0 Å². The van der Waals surface area contributed by atoms with Crippen molar-refractivity contribution in [3.05, 3.63) is 42.9 Å². The fourth-order valence-electron chi connectivity index (χ4n) is 2.65. The van der Waals surface area contributed by atoms with Crippen LogP contribution in [0.5, 0.6) is 5.88 Å². The first kappa shape index (κ1) is 13.3. The van der Waals surface area contributed by atoms with Gasteiger partial charge < -0.3 is 13.9 Å². The van der Waals surface area contributed by atoms with Gasteiger partial charge in [0.2, 0.25) is 12.2 Å². The van der Waals surface area contributed by atoms with E-state index in [1.807, 2.05) is 30.3 Å². The molecule has 1 unspecified atom stereocenters. The van der Waals surface area contributed by atoms with E-state index in [9.17, 15) is 0 Å². The molecule has 5 heteroatoms. The van der Waals surface area contributed by atoms with E-state index >= 15 is 0 Å². The summed E-state index contributed by atoms with van der Waals surface area (Å²) in [6.07, 6.45) is 6.06. The monoisotopic (exact) mass is 296 g/mol. The van der Waals surface area contributed by atoms with Crippen molar-refractivity contribution in [3.8, 4) is 17.2 Å². The molecule has 1 atom stereocenters. The molecule has 112 valence electrons. The number of benzene rings is 1. The van der Waals surface area contributed by atoms with Crippen molar-refractivity contribution in [3.63, 3.8) is 0 Å². The number of hydrogen-bond donors (Lipinski definition) is 0. The zero-order chi connectivity index (χ0) is 14.8. The molecule has 1 aliphatic rings. The van der Waals surface area contributed by atoms with Crippen LogP contribution in [-0.4, -0.2) is 22.9 Å². The molecule has 3 heterocycles. The van der Waals surface area contributed by atoms with E-state index in [0.29, 0.717) is 5.88 Å². The number of hydrogen-bond acceptors (Lipinski definition) is 5. The standard InChI is InChI=1S/C17H16N2O3/c1-2-8-21-16(5-1)22-17-13-10-12(15-4-3-9-20-15)6-7-14(13)18-11-19-17/h3-4,6-7,9-11,16H,1-2,5,8H2. The first-order valence-corrected chi connectivity index (χ1v) is 7.47. The summed E-state index contributed by atoms with van der Waals surface area (Å²) in [6, 6.07) is 9.72. The molecule has 0 radical (unpaired) electrons. The quantitative estimate of drug-likeness (QED) is 0.736. The third-order valence-electron chi connectivity index (χ3n) is 3.79. The summed E-state index contributed by atoms with van der Waals surface area (Å²) in [5.74, 6) is 1.37. The Hall–Kier alpha value is -2.40. The summed E-state index contributed by atoms with van der Waals surface area (Å²) < 4.78 is 17.0. The smallest absolute Gasteiger partial charge is 0.226 e. The molecule has 0 amide bonds. The van der Waals surface area contributed by atoms with Crippen molar-refractivity contribution >= 4 is 10.9 Å². The van der Waals surface area contributed by atoms with Gasteiger partial charge in [0.25, 0.3) is 0 Å². The molecular weight excluding hydrogens is 280 g/mol. The van der Waals surface area contributed by atoms with Crippen molar-refractivity contribution in [2.24, 2.45) is 0 Å². The SMILES string of the molecule is c1coc(-c2ccc3ncnc(OC4CCCCO4)c3c2)c1. The lowest BCUT2D eigenvalue weighted by Crippen LogP contribution is -2.25. The van der Waals surface area contributed by atoms with Crippen molar-refractivity contribution in [2.75, 3.05) is 6.61 Å². The molecule has 0 bridgehead atoms. The Balaban J connectivity index is 1.72. The molecule has 3 aromatic rings. The number of nitrogens with zero attached hydrogens (tertiary/aromatic N) is 2. The fourth-order valence-corrected chi connectivity index (χ4v) is 2.65. The molecule has 2 aromatic heterocycles. The second-order valence-corrected chi connectivity index (χ2v) is 5.30. The molecule has 1 aliphatic heterocycles. The number of aromatic nitrogens is 2. The van der Waals surface area contributed by atoms with Gasteiger partial charge >= 0.3 is 0 Å². The van der Waals surface area contributed by atoms with Crippen molar-refractivity contribution in [1.82, 2.24) is 9.97 Å². The van der Waals surface area contributed by atoms with Crippen LogP contribution in [0.2, 0.25) is 0 Å². The van der Waals surface area contributed by atoms with Crippen LogP contribution in [0.1, 0.15) is 19.3 Å². The lowest BCUT2D eigenvalue weighted by atomic mass is 10.1. The van der Waals surface area contributed by atoms with Crippen LogP contribution in [0.3, 0.4) is 0 Å². The van der Waals surface area contributed by atoms with Gasteiger partial charge in [-0.15, -0.1) is 0 Å². The van der Waals surface area contributed by atoms with E-state index in [1.165, 1.54) is 6.33 Å². The molecule has 1 saturated heterocycles. The summed E-state index contributed by atoms with van der Waals surface area (Å²) in [7, 11) is 0. The Bertz CT molecular complexity index is 765. The summed E-state index contributed by atoms with van der Waals surface area (Å²) >= 11 is 0. The molecule has 22 heavy (non-hydrogen) atoms. The van der Waals surface area contributed by atoms with Gasteiger partial charge in [0.15, 0.2) is 0 Å². The van der Waals surface area contributed by atoms with Gasteiger partial charge in [-0.25, -0.2) is 9.97 Å². The van der Waals surface area contributed by atoms with Gasteiger partial charge in [-0.3, -0.25) is 0 Å². The van der Waals surface area contributed by atoms with Crippen LogP contribution in [0, 0.1) is 0 Å². The van der Waals surface area contributed by atoms with Crippen LogP contribution >= 0.6 is 0 Å². The normalized spacial score (nSPS) is 18.5. The molecule has 5 nitrogen and oxygen atoms in total. The Labute approximate surface area is 127 Å². The summed E-state index contributed by atoms with van der Waals surface area (Å²) in [6.45, 7) is 0.741. The average Bonchev–Trinajstić information content (AvgIpc) is 3.10. The lowest BCUT2D eigenvalue weighted by Gasteiger charge is -2.23. The Morgan fingerprint density at radius 1 is 1.14 bits per heavy atom. The lowest BCUT2D eigenvalue weighted by molar-refractivity contribution is -0.107. The highest BCUT2D eigenvalue weighted by Crippen LogP contribution is 2.29. The first-order chi connectivity index (χ1) is 10.9. The van der Waals surface area contributed by atoms with E-state index in [2.05, 4.69) is 9.97 Å². The van der Waals surface area contributed by atoms with E-state index < -0.39 is 0 Å². The third kappa shape index (κ3) is 2.55. The fraction of sp³-hybridized carbons (Fsp3) is 0.294. The van der Waals surface area contributed by atoms with Gasteiger partial charge in [0.1, 0.15) is 12.1 Å². The van der Waals surface area contributed by atoms with Crippen LogP contribution < -0.4 is 4.74 Å². The first-order valence-electron chi connectivity index (χ1n) is 7.47. The maximum Gasteiger partial charge on any atom is 0.226 e. The van der Waals surface area contributed by atoms with E-state index in [-0.39, 0.29) is 6.29 Å². The van der Waals surface area contributed by atoms with Gasteiger partial charge in [0, 0.05) is 12.0 Å². The van der Waals surface area contributed by atoms with E-state index in [0.717, 1.165) is 48.1 Å². The van der Waals surface area contributed by atoms with Gasteiger partial charge in [-0.05, 0) is 43.2 Å². The van der Waals surface area contributed by atoms with Crippen LogP contribution in [0.4, 0.5) is 0 Å². The molecule has 1 aromatic carbocycles. The number of fused-ring (bicyclic) bond motifs is 1. The second kappa shape index (κ2) is 5.77. The third-order valence-corrected chi connectivity index (χ3v) is 3.79. The summed E-state index contributed by atoms with van der Waals surface area (Å²) in [5.41, 5.74) is 1.82. The Morgan fingerprint density at radius 3 is 2.95 bits per heavy atom. The maximum atomic E-state index is 5.94. The van der Waals surface area contributed by atoms with Crippen LogP contribution in [0.15, 0.2) is 47.3 Å². The van der Waals surface area contributed by atoms with E-state index in [4.69, 9.17) is 13.9 Å². The van der Waals surface area contributed by atoms with Gasteiger partial charge in [0.05, 0.1) is 23.8 Å². The minimum Gasteiger partial charge on any atom is -0.464 e. The van der Waals surface area contributed by atoms with Gasteiger partial charge in [-0.2, -0.15) is 0 Å². The average molecular weight is 296 g/mol. The zero-order valence-electron chi connectivity index (χ0n) is 12.1. The molecule has 0 spiro atoms. The highest BCUT2D eigenvalue weighted by Gasteiger charge is 2.17. The molecule has 0 aliphatic carbocycles. The number of furan rings is 1. The largest absolute Gasteiger partial charge is 0.464 e. The minimum absolute atomic E-state index is 0.223. The van der Waals surface area contributed by atoms with Gasteiger partial charge in [-0.1, -0.05) is 0 Å². The minimum atomic E-state index is -0.223. The highest BCUT2D eigenvalue weighted by atomic mass is 16.7. The predicted molar refractivity (Wildman–Crippen MR) is 81.5 cm³/mol. The second-order valence-electron chi connectivity index (χ2n) is 5.30. The molecule has 0 saturated carbocycles.